The van der Waals surface area contributed by atoms with Crippen LogP contribution in [0.4, 0.5) is 0 Å². The number of carbonyl (C=O) groups is 2. The molecule has 0 N–H and O–H groups in total. The minimum absolute atomic E-state index is 0.00312. The average Bonchev–Trinajstić information content (AvgIpc) is 2.47. The third-order valence-corrected chi connectivity index (χ3v) is 3.07. The molecule has 0 aliphatic rings. The monoisotopic (exact) mass is 272 g/mol. The first-order valence-electron chi connectivity index (χ1n) is 5.97. The Hall–Kier alpha value is -1.93. The third kappa shape index (κ3) is 3.52. The largest absolute Gasteiger partial charge is 0.298 e. The molecule has 0 spiro atoms. The van der Waals surface area contributed by atoms with Crippen LogP contribution in [0.2, 0.25) is 0 Å². The van der Waals surface area contributed by atoms with Crippen LogP contribution in [0.25, 0.3) is 0 Å². The van der Waals surface area contributed by atoms with Crippen LogP contribution in [0.1, 0.15) is 21.5 Å². The molecule has 0 fully saturated rings. The van der Waals surface area contributed by atoms with Gasteiger partial charge in [0, 0.05) is 17.5 Å². The van der Waals surface area contributed by atoms with Crippen molar-refractivity contribution in [3.8, 4) is 0 Å². The van der Waals surface area contributed by atoms with Gasteiger partial charge in [-0.05, 0) is 11.6 Å². The second kappa shape index (κ2) is 6.30. The van der Waals surface area contributed by atoms with E-state index >= 15 is 0 Å². The molecule has 2 aromatic rings. The molecule has 19 heavy (non-hydrogen) atoms. The number of carbonyl (C=O) groups excluding carboxylic acids is 2. The summed E-state index contributed by atoms with van der Waals surface area (Å²) < 4.78 is 0. The topological polar surface area (TPSA) is 34.1 Å². The van der Waals surface area contributed by atoms with Crippen molar-refractivity contribution in [1.29, 1.82) is 0 Å². The molecular weight excluding hydrogens is 260 g/mol. The van der Waals surface area contributed by atoms with Crippen LogP contribution in [0, 0.1) is 0 Å². The molecule has 0 unspecified atom stereocenters. The highest BCUT2D eigenvalue weighted by Gasteiger charge is 2.10. The quantitative estimate of drug-likeness (QED) is 0.618. The fourth-order valence-corrected chi connectivity index (χ4v) is 1.95. The predicted octanol–water partition coefficient (Wildman–Crippen LogP) is 3.27. The van der Waals surface area contributed by atoms with E-state index in [1.807, 2.05) is 24.3 Å². The average molecular weight is 273 g/mol. The molecule has 96 valence electrons. The molecule has 2 nitrogen and oxygen atoms in total. The Kier molecular flexibility index (Phi) is 4.48. The Balaban J connectivity index is 2.24. The summed E-state index contributed by atoms with van der Waals surface area (Å²) in [7, 11) is 0. The highest BCUT2D eigenvalue weighted by Crippen LogP contribution is 2.12. The summed E-state index contributed by atoms with van der Waals surface area (Å²) in [5.41, 5.74) is 2.04. The van der Waals surface area contributed by atoms with Crippen LogP contribution in [0.3, 0.4) is 0 Å². The molecule has 0 saturated carbocycles. The molecular formula is C16H13ClO2. The summed E-state index contributed by atoms with van der Waals surface area (Å²) in [6, 6.07) is 16.2. The first kappa shape index (κ1) is 13.5. The maximum Gasteiger partial charge on any atom is 0.193 e. The van der Waals surface area contributed by atoms with E-state index in [2.05, 4.69) is 0 Å². The molecule has 0 radical (unpaired) electrons. The van der Waals surface area contributed by atoms with Crippen LogP contribution in [0.5, 0.6) is 0 Å². The minimum Gasteiger partial charge on any atom is -0.298 e. The molecule has 2 rings (SSSR count). The van der Waals surface area contributed by atoms with Gasteiger partial charge < -0.3 is 0 Å². The lowest BCUT2D eigenvalue weighted by atomic mass is 10.00. The predicted molar refractivity (Wildman–Crippen MR) is 75.7 cm³/mol. The van der Waals surface area contributed by atoms with Crippen LogP contribution in [0.15, 0.2) is 54.6 Å². The van der Waals surface area contributed by atoms with E-state index in [-0.39, 0.29) is 23.9 Å². The number of hydrogen-bond donors (Lipinski definition) is 0. The van der Waals surface area contributed by atoms with Gasteiger partial charge >= 0.3 is 0 Å². The molecule has 0 aromatic heterocycles. The van der Waals surface area contributed by atoms with Crippen molar-refractivity contribution in [3.05, 3.63) is 71.3 Å². The molecule has 0 bridgehead atoms. The van der Waals surface area contributed by atoms with Crippen molar-refractivity contribution in [2.24, 2.45) is 0 Å². The lowest BCUT2D eigenvalue weighted by Crippen LogP contribution is -2.06. The van der Waals surface area contributed by atoms with Gasteiger partial charge in [-0.1, -0.05) is 48.5 Å². The highest BCUT2D eigenvalue weighted by atomic mass is 35.5. The second-order valence-corrected chi connectivity index (χ2v) is 4.51. The van der Waals surface area contributed by atoms with Crippen LogP contribution >= 0.6 is 11.6 Å². The second-order valence-electron chi connectivity index (χ2n) is 4.24. The van der Waals surface area contributed by atoms with Gasteiger partial charge in [-0.15, -0.1) is 11.6 Å². The van der Waals surface area contributed by atoms with E-state index < -0.39 is 0 Å². The first-order chi connectivity index (χ1) is 9.20. The van der Waals surface area contributed by atoms with E-state index in [0.717, 1.165) is 5.56 Å². The van der Waals surface area contributed by atoms with Gasteiger partial charge in [-0.2, -0.15) is 0 Å². The first-order valence-corrected chi connectivity index (χ1v) is 6.50. The van der Waals surface area contributed by atoms with Crippen molar-refractivity contribution in [3.63, 3.8) is 0 Å². The molecule has 2 aromatic carbocycles. The molecule has 0 aliphatic carbocycles. The fraction of sp³-hybridized carbons (Fsp3) is 0.125. The lowest BCUT2D eigenvalue weighted by molar-refractivity contribution is -0.116. The Bertz CT molecular complexity index is 591. The standard InChI is InChI=1S/C16H13ClO2/c17-11-15(18)10-12-5-4-8-14(9-12)16(19)13-6-2-1-3-7-13/h1-9H,10-11H2. The number of benzene rings is 2. The number of ketones is 2. The summed E-state index contributed by atoms with van der Waals surface area (Å²) in [6.45, 7) is 0. The smallest absolute Gasteiger partial charge is 0.193 e. The van der Waals surface area contributed by atoms with Crippen LogP contribution in [-0.2, 0) is 11.2 Å². The zero-order valence-electron chi connectivity index (χ0n) is 10.3. The third-order valence-electron chi connectivity index (χ3n) is 2.78. The fourth-order valence-electron chi connectivity index (χ4n) is 1.85. The van der Waals surface area contributed by atoms with E-state index in [4.69, 9.17) is 11.6 Å². The van der Waals surface area contributed by atoms with Crippen LogP contribution in [-0.4, -0.2) is 17.4 Å². The molecule has 3 heteroatoms. The van der Waals surface area contributed by atoms with E-state index in [0.29, 0.717) is 11.1 Å². The number of halogens is 1. The Morgan fingerprint density at radius 1 is 0.895 bits per heavy atom. The van der Waals surface area contributed by atoms with Gasteiger partial charge in [-0.25, -0.2) is 0 Å². The van der Waals surface area contributed by atoms with Gasteiger partial charge in [0.05, 0.1) is 5.88 Å². The summed E-state index contributed by atoms with van der Waals surface area (Å²) >= 11 is 5.48. The Morgan fingerprint density at radius 3 is 2.26 bits per heavy atom. The normalized spacial score (nSPS) is 10.2. The van der Waals surface area contributed by atoms with Gasteiger partial charge in [0.1, 0.15) is 0 Å². The zero-order valence-corrected chi connectivity index (χ0v) is 11.1. The SMILES string of the molecule is O=C(CCl)Cc1cccc(C(=O)c2ccccc2)c1. The van der Waals surface area contributed by atoms with Gasteiger partial charge in [-0.3, -0.25) is 9.59 Å². The summed E-state index contributed by atoms with van der Waals surface area (Å²) in [6.07, 6.45) is 0.263. The summed E-state index contributed by atoms with van der Waals surface area (Å²) in [4.78, 5) is 23.6. The van der Waals surface area contributed by atoms with Crippen molar-refractivity contribution >= 4 is 23.2 Å². The Labute approximate surface area is 117 Å². The van der Waals surface area contributed by atoms with Crippen LogP contribution < -0.4 is 0 Å². The van der Waals surface area contributed by atoms with E-state index in [1.54, 1.807) is 30.3 Å². The van der Waals surface area contributed by atoms with E-state index in [9.17, 15) is 9.59 Å². The highest BCUT2D eigenvalue weighted by molar-refractivity contribution is 6.27. The van der Waals surface area contributed by atoms with E-state index in [1.165, 1.54) is 0 Å². The molecule has 0 atom stereocenters. The van der Waals surface area contributed by atoms with Crippen molar-refractivity contribution < 1.29 is 9.59 Å². The van der Waals surface area contributed by atoms with Gasteiger partial charge in [0.15, 0.2) is 11.6 Å². The lowest BCUT2D eigenvalue weighted by Gasteiger charge is -2.04. The molecule has 0 aliphatic heterocycles. The number of alkyl halides is 1. The van der Waals surface area contributed by atoms with Gasteiger partial charge in [0.2, 0.25) is 0 Å². The molecule has 0 saturated heterocycles. The zero-order chi connectivity index (χ0) is 13.7. The van der Waals surface area contributed by atoms with Crippen molar-refractivity contribution in [2.75, 3.05) is 5.88 Å². The molecule has 0 amide bonds. The summed E-state index contributed by atoms with van der Waals surface area (Å²) in [5.74, 6) is -0.0941. The Morgan fingerprint density at radius 2 is 1.58 bits per heavy atom. The minimum atomic E-state index is -0.0500. The van der Waals surface area contributed by atoms with Gasteiger partial charge in [0.25, 0.3) is 0 Å². The summed E-state index contributed by atoms with van der Waals surface area (Å²) in [5, 5.41) is 0. The number of rotatable bonds is 5. The maximum atomic E-state index is 12.2. The maximum absolute atomic E-state index is 12.2. The number of Topliss-reactive ketones (excluding diaryl/α,β-unsaturated/α-hetero) is 1. The van der Waals surface area contributed by atoms with Crippen molar-refractivity contribution in [2.45, 2.75) is 6.42 Å². The molecule has 0 heterocycles. The van der Waals surface area contributed by atoms with Crippen molar-refractivity contribution in [1.82, 2.24) is 0 Å². The number of hydrogen-bond acceptors (Lipinski definition) is 2.